The summed E-state index contributed by atoms with van der Waals surface area (Å²) >= 11 is 0. The van der Waals surface area contributed by atoms with E-state index in [4.69, 9.17) is 0 Å². The highest BCUT2D eigenvalue weighted by Crippen LogP contribution is 2.38. The summed E-state index contributed by atoms with van der Waals surface area (Å²) in [4.78, 5) is 0. The van der Waals surface area contributed by atoms with Crippen LogP contribution < -0.4 is 0 Å². The molecule has 14 heavy (non-hydrogen) atoms. The molecule has 0 saturated heterocycles. The van der Waals surface area contributed by atoms with Crippen molar-refractivity contribution < 1.29 is 0 Å². The van der Waals surface area contributed by atoms with E-state index in [-0.39, 0.29) is 5.41 Å². The lowest BCUT2D eigenvalue weighted by Gasteiger charge is -2.22. The Labute approximate surface area is 86.0 Å². The van der Waals surface area contributed by atoms with Crippen molar-refractivity contribution in [2.24, 2.45) is 0 Å². The maximum absolute atomic E-state index is 2.32. The molecule has 0 spiro atoms. The standard InChI is InChI=1S/C14H16/c1-3-4-10-14(2)11-9-12-7-5-6-8-13(12)14/h3-9,11H,10H2,1-2H3/b4-3+. The van der Waals surface area contributed by atoms with Crippen molar-refractivity contribution in [1.82, 2.24) is 0 Å². The number of benzene rings is 1. The van der Waals surface area contributed by atoms with Crippen LogP contribution in [0, 0.1) is 0 Å². The van der Waals surface area contributed by atoms with Gasteiger partial charge in [0.05, 0.1) is 0 Å². The van der Waals surface area contributed by atoms with Crippen LogP contribution in [0.1, 0.15) is 31.4 Å². The third-order valence-electron chi connectivity index (χ3n) is 2.98. The van der Waals surface area contributed by atoms with Gasteiger partial charge in [0.25, 0.3) is 0 Å². The lowest BCUT2D eigenvalue weighted by Crippen LogP contribution is -2.15. The van der Waals surface area contributed by atoms with Crippen molar-refractivity contribution in [1.29, 1.82) is 0 Å². The first-order valence-corrected chi connectivity index (χ1v) is 5.16. The summed E-state index contributed by atoms with van der Waals surface area (Å²) in [6, 6.07) is 8.65. The molecule has 1 unspecified atom stereocenters. The largest absolute Gasteiger partial charge is 0.0916 e. The molecule has 1 aliphatic carbocycles. The predicted octanol–water partition coefficient (Wildman–Crippen LogP) is 3.94. The van der Waals surface area contributed by atoms with E-state index in [0.717, 1.165) is 6.42 Å². The molecular formula is C14H16. The van der Waals surface area contributed by atoms with Gasteiger partial charge in [-0.25, -0.2) is 0 Å². The first kappa shape index (κ1) is 9.26. The van der Waals surface area contributed by atoms with Gasteiger partial charge in [-0.2, -0.15) is 0 Å². The Morgan fingerprint density at radius 2 is 2.07 bits per heavy atom. The Bertz CT molecular complexity index is 385. The van der Waals surface area contributed by atoms with Crippen molar-refractivity contribution in [3.8, 4) is 0 Å². The van der Waals surface area contributed by atoms with Gasteiger partial charge in [-0.15, -0.1) is 0 Å². The maximum Gasteiger partial charge on any atom is 0.0147 e. The molecule has 0 aliphatic heterocycles. The molecule has 0 radical (unpaired) electrons. The molecule has 1 atom stereocenters. The average Bonchev–Trinajstić information content (AvgIpc) is 2.55. The van der Waals surface area contributed by atoms with Crippen molar-refractivity contribution >= 4 is 6.08 Å². The van der Waals surface area contributed by atoms with Gasteiger partial charge in [0, 0.05) is 5.41 Å². The highest BCUT2D eigenvalue weighted by Gasteiger charge is 2.27. The van der Waals surface area contributed by atoms with E-state index in [2.05, 4.69) is 62.4 Å². The summed E-state index contributed by atoms with van der Waals surface area (Å²) in [6.45, 7) is 4.38. The molecule has 2 rings (SSSR count). The van der Waals surface area contributed by atoms with E-state index in [1.165, 1.54) is 11.1 Å². The molecule has 0 bridgehead atoms. The summed E-state index contributed by atoms with van der Waals surface area (Å²) in [5.74, 6) is 0. The van der Waals surface area contributed by atoms with Crippen LogP contribution in [0.4, 0.5) is 0 Å². The number of hydrogen-bond acceptors (Lipinski definition) is 0. The van der Waals surface area contributed by atoms with Gasteiger partial charge >= 0.3 is 0 Å². The van der Waals surface area contributed by atoms with Crippen molar-refractivity contribution in [2.75, 3.05) is 0 Å². The van der Waals surface area contributed by atoms with Gasteiger partial charge in [0.15, 0.2) is 0 Å². The summed E-state index contributed by atoms with van der Waals surface area (Å²) in [7, 11) is 0. The Balaban J connectivity index is 2.37. The average molecular weight is 184 g/mol. The van der Waals surface area contributed by atoms with Gasteiger partial charge in [0.2, 0.25) is 0 Å². The van der Waals surface area contributed by atoms with Gasteiger partial charge in [-0.3, -0.25) is 0 Å². The monoisotopic (exact) mass is 184 g/mol. The smallest absolute Gasteiger partial charge is 0.0147 e. The minimum atomic E-state index is 0.211. The Kier molecular flexibility index (Phi) is 2.28. The molecule has 72 valence electrons. The quantitative estimate of drug-likeness (QED) is 0.611. The van der Waals surface area contributed by atoms with Gasteiger partial charge < -0.3 is 0 Å². The van der Waals surface area contributed by atoms with Gasteiger partial charge in [-0.1, -0.05) is 55.5 Å². The first-order chi connectivity index (χ1) is 6.76. The number of hydrogen-bond donors (Lipinski definition) is 0. The normalized spacial score (nSPS) is 24.4. The fraction of sp³-hybridized carbons (Fsp3) is 0.286. The van der Waals surface area contributed by atoms with Crippen LogP contribution in [-0.2, 0) is 5.41 Å². The highest BCUT2D eigenvalue weighted by atomic mass is 14.3. The second-order valence-corrected chi connectivity index (χ2v) is 4.11. The molecule has 0 saturated carbocycles. The zero-order valence-electron chi connectivity index (χ0n) is 8.83. The molecule has 0 aromatic heterocycles. The first-order valence-electron chi connectivity index (χ1n) is 5.16. The SMILES string of the molecule is C/C=C/CC1(C)C=Cc2ccccc21. The van der Waals surface area contributed by atoms with Crippen molar-refractivity contribution in [3.63, 3.8) is 0 Å². The maximum atomic E-state index is 2.32. The fourth-order valence-electron chi connectivity index (χ4n) is 2.07. The molecule has 1 aromatic rings. The predicted molar refractivity (Wildman–Crippen MR) is 62.3 cm³/mol. The molecule has 0 heterocycles. The molecular weight excluding hydrogens is 168 g/mol. The molecule has 1 aromatic carbocycles. The second kappa shape index (κ2) is 3.45. The molecule has 0 amide bonds. The molecule has 0 N–H and O–H groups in total. The van der Waals surface area contributed by atoms with Crippen LogP contribution in [0.15, 0.2) is 42.5 Å². The lowest BCUT2D eigenvalue weighted by molar-refractivity contribution is 0.616. The fourth-order valence-corrected chi connectivity index (χ4v) is 2.07. The topological polar surface area (TPSA) is 0 Å². The molecule has 1 aliphatic rings. The summed E-state index contributed by atoms with van der Waals surface area (Å²) in [6.07, 6.45) is 10.0. The Morgan fingerprint density at radius 1 is 1.29 bits per heavy atom. The third kappa shape index (κ3) is 1.41. The van der Waals surface area contributed by atoms with Crippen LogP contribution >= 0.6 is 0 Å². The Hall–Kier alpha value is -1.30. The van der Waals surface area contributed by atoms with Crippen molar-refractivity contribution in [2.45, 2.75) is 25.7 Å². The molecule has 0 fully saturated rings. The second-order valence-electron chi connectivity index (χ2n) is 4.11. The van der Waals surface area contributed by atoms with Crippen LogP contribution in [-0.4, -0.2) is 0 Å². The highest BCUT2D eigenvalue weighted by molar-refractivity contribution is 5.64. The van der Waals surface area contributed by atoms with E-state index in [1.54, 1.807) is 0 Å². The molecule has 0 heteroatoms. The van der Waals surface area contributed by atoms with Crippen LogP contribution in [0.3, 0.4) is 0 Å². The minimum absolute atomic E-state index is 0.211. The number of allylic oxidation sites excluding steroid dienone is 3. The van der Waals surface area contributed by atoms with Crippen LogP contribution in [0.25, 0.3) is 6.08 Å². The zero-order valence-corrected chi connectivity index (χ0v) is 8.83. The van der Waals surface area contributed by atoms with E-state index in [1.807, 2.05) is 0 Å². The lowest BCUT2D eigenvalue weighted by atomic mass is 9.81. The molecule has 0 nitrogen and oxygen atoms in total. The number of rotatable bonds is 2. The van der Waals surface area contributed by atoms with Crippen molar-refractivity contribution in [3.05, 3.63) is 53.6 Å². The van der Waals surface area contributed by atoms with Crippen LogP contribution in [0.5, 0.6) is 0 Å². The van der Waals surface area contributed by atoms with E-state index >= 15 is 0 Å². The van der Waals surface area contributed by atoms with E-state index < -0.39 is 0 Å². The summed E-state index contributed by atoms with van der Waals surface area (Å²) in [5, 5.41) is 0. The Morgan fingerprint density at radius 3 is 2.86 bits per heavy atom. The van der Waals surface area contributed by atoms with Gasteiger partial charge in [-0.05, 0) is 24.5 Å². The van der Waals surface area contributed by atoms with E-state index in [0.29, 0.717) is 0 Å². The minimum Gasteiger partial charge on any atom is -0.0916 e. The van der Waals surface area contributed by atoms with Crippen LogP contribution in [0.2, 0.25) is 0 Å². The number of fused-ring (bicyclic) bond motifs is 1. The van der Waals surface area contributed by atoms with Gasteiger partial charge in [0.1, 0.15) is 0 Å². The zero-order chi connectivity index (χ0) is 10.0. The summed E-state index contributed by atoms with van der Waals surface area (Å²) < 4.78 is 0. The summed E-state index contributed by atoms with van der Waals surface area (Å²) in [5.41, 5.74) is 3.04. The third-order valence-corrected chi connectivity index (χ3v) is 2.98. The van der Waals surface area contributed by atoms with E-state index in [9.17, 15) is 0 Å².